The van der Waals surface area contributed by atoms with E-state index in [0.29, 0.717) is 29.0 Å². The van der Waals surface area contributed by atoms with Crippen molar-refractivity contribution in [1.29, 1.82) is 0 Å². The molecule has 1 rings (SSSR count). The summed E-state index contributed by atoms with van der Waals surface area (Å²) in [4.78, 5) is 10.8. The second kappa shape index (κ2) is 6.55. The molecule has 0 bridgehead atoms. The minimum absolute atomic E-state index is 0.189. The molecule has 4 nitrogen and oxygen atoms in total. The Bertz CT molecular complexity index is 434. The monoisotopic (exact) mass is 264 g/mol. The first kappa shape index (κ1) is 15.5. The number of nitro groups is 1. The number of anilines is 1. The highest BCUT2D eigenvalue weighted by Gasteiger charge is 2.20. The molecule has 0 aromatic heterocycles. The van der Waals surface area contributed by atoms with Crippen LogP contribution < -0.4 is 5.32 Å². The van der Waals surface area contributed by atoms with Gasteiger partial charge < -0.3 is 5.32 Å². The summed E-state index contributed by atoms with van der Waals surface area (Å²) in [6, 6.07) is 5.40. The Balaban J connectivity index is 2.88. The van der Waals surface area contributed by atoms with Crippen LogP contribution in [0.4, 0.5) is 11.4 Å². The number of nitrogens with zero attached hydrogens (tertiary/aromatic N) is 1. The van der Waals surface area contributed by atoms with Crippen molar-refractivity contribution in [3.63, 3.8) is 0 Å². The van der Waals surface area contributed by atoms with Crippen molar-refractivity contribution >= 4 is 11.4 Å². The Morgan fingerprint density at radius 1 is 1.21 bits per heavy atom. The van der Waals surface area contributed by atoms with E-state index < -0.39 is 0 Å². The average Bonchev–Trinajstić information content (AvgIpc) is 2.27. The normalized spacial score (nSPS) is 11.4. The number of nitro benzene ring substituents is 1. The Labute approximate surface area is 115 Å². The van der Waals surface area contributed by atoms with Crippen LogP contribution in [-0.2, 0) is 0 Å². The molecule has 0 aliphatic carbocycles. The van der Waals surface area contributed by atoms with Crippen LogP contribution >= 0.6 is 0 Å². The highest BCUT2D eigenvalue weighted by Crippen LogP contribution is 2.29. The van der Waals surface area contributed by atoms with Gasteiger partial charge in [-0.05, 0) is 30.7 Å². The van der Waals surface area contributed by atoms with E-state index in [9.17, 15) is 10.1 Å². The lowest BCUT2D eigenvalue weighted by molar-refractivity contribution is -0.384. The summed E-state index contributed by atoms with van der Waals surface area (Å²) in [6.07, 6.45) is 0. The van der Waals surface area contributed by atoms with Gasteiger partial charge in [0.15, 0.2) is 0 Å². The molecule has 19 heavy (non-hydrogen) atoms. The van der Waals surface area contributed by atoms with Crippen LogP contribution in [0.25, 0.3) is 0 Å². The molecule has 0 aliphatic rings. The minimum atomic E-state index is -0.308. The van der Waals surface area contributed by atoms with Crippen LogP contribution in [-0.4, -0.2) is 11.5 Å². The molecule has 0 aliphatic heterocycles. The zero-order valence-electron chi connectivity index (χ0n) is 12.4. The van der Waals surface area contributed by atoms with Crippen molar-refractivity contribution in [2.75, 3.05) is 11.9 Å². The zero-order valence-corrected chi connectivity index (χ0v) is 12.4. The molecule has 1 N–H and O–H groups in total. The summed E-state index contributed by atoms with van der Waals surface area (Å²) >= 11 is 0. The predicted octanol–water partition coefficient (Wildman–Crippen LogP) is 4.24. The number of rotatable bonds is 6. The molecule has 0 saturated heterocycles. The number of benzene rings is 1. The van der Waals surface area contributed by atoms with E-state index in [2.05, 4.69) is 33.0 Å². The summed E-state index contributed by atoms with van der Waals surface area (Å²) in [5.41, 5.74) is 1.51. The molecule has 106 valence electrons. The Hall–Kier alpha value is -1.58. The molecule has 1 aromatic rings. The second-order valence-corrected chi connectivity index (χ2v) is 5.76. The average molecular weight is 264 g/mol. The Morgan fingerprint density at radius 2 is 1.79 bits per heavy atom. The van der Waals surface area contributed by atoms with Crippen LogP contribution in [0, 0.1) is 34.8 Å². The second-order valence-electron chi connectivity index (χ2n) is 5.76. The molecule has 0 spiro atoms. The first-order valence-electron chi connectivity index (χ1n) is 6.82. The molecule has 0 radical (unpaired) electrons. The number of hydrogen-bond acceptors (Lipinski definition) is 3. The first-order chi connectivity index (χ1) is 8.84. The quantitative estimate of drug-likeness (QED) is 0.617. The number of nitrogens with one attached hydrogen (secondary N) is 1. The lowest BCUT2D eigenvalue weighted by atomic mass is 9.85. The minimum Gasteiger partial charge on any atom is -0.379 e. The van der Waals surface area contributed by atoms with Crippen molar-refractivity contribution < 1.29 is 4.92 Å². The van der Waals surface area contributed by atoms with E-state index in [1.165, 1.54) is 0 Å². The topological polar surface area (TPSA) is 55.2 Å². The lowest BCUT2D eigenvalue weighted by Gasteiger charge is -2.25. The summed E-state index contributed by atoms with van der Waals surface area (Å²) in [6.45, 7) is 11.3. The van der Waals surface area contributed by atoms with Gasteiger partial charge in [0, 0.05) is 12.1 Å². The third-order valence-corrected chi connectivity index (χ3v) is 3.66. The van der Waals surface area contributed by atoms with E-state index in [-0.39, 0.29) is 10.6 Å². The van der Waals surface area contributed by atoms with Crippen molar-refractivity contribution in [3.8, 4) is 0 Å². The molecule has 0 atom stereocenters. The van der Waals surface area contributed by atoms with Crippen molar-refractivity contribution in [3.05, 3.63) is 33.9 Å². The van der Waals surface area contributed by atoms with Gasteiger partial charge in [-0.1, -0.05) is 39.8 Å². The molecule has 0 fully saturated rings. The largest absolute Gasteiger partial charge is 0.379 e. The third-order valence-electron chi connectivity index (χ3n) is 3.66. The van der Waals surface area contributed by atoms with Crippen molar-refractivity contribution in [1.82, 2.24) is 0 Å². The van der Waals surface area contributed by atoms with E-state index in [1.54, 1.807) is 19.1 Å². The van der Waals surface area contributed by atoms with Crippen molar-refractivity contribution in [2.45, 2.75) is 34.6 Å². The molecular formula is C15H24N2O2. The smallest absolute Gasteiger partial charge is 0.295 e. The van der Waals surface area contributed by atoms with Crippen molar-refractivity contribution in [2.24, 2.45) is 17.8 Å². The van der Waals surface area contributed by atoms with Crippen LogP contribution in [0.1, 0.15) is 33.3 Å². The van der Waals surface area contributed by atoms with Gasteiger partial charge in [0.05, 0.1) is 4.92 Å². The molecule has 0 saturated carbocycles. The van der Waals surface area contributed by atoms with Crippen LogP contribution in [0.15, 0.2) is 18.2 Å². The molecule has 4 heteroatoms. The number of aryl methyl sites for hydroxylation is 1. The highest BCUT2D eigenvalue weighted by atomic mass is 16.6. The third kappa shape index (κ3) is 3.94. The maximum Gasteiger partial charge on any atom is 0.295 e. The SMILES string of the molecule is Cc1cccc(NCC(C(C)C)C(C)C)c1[N+](=O)[O-]. The number of hydrogen-bond donors (Lipinski definition) is 1. The molecule has 1 aromatic carbocycles. The fourth-order valence-corrected chi connectivity index (χ4v) is 2.51. The molecule has 0 unspecified atom stereocenters. The fourth-order valence-electron chi connectivity index (χ4n) is 2.51. The van der Waals surface area contributed by atoms with Crippen LogP contribution in [0.3, 0.4) is 0 Å². The Morgan fingerprint density at radius 3 is 2.26 bits per heavy atom. The summed E-state index contributed by atoms with van der Waals surface area (Å²) in [5.74, 6) is 1.60. The highest BCUT2D eigenvalue weighted by molar-refractivity contribution is 5.64. The molecule has 0 heterocycles. The van der Waals surface area contributed by atoms with Gasteiger partial charge in [0.25, 0.3) is 5.69 Å². The molecular weight excluding hydrogens is 240 g/mol. The molecule has 0 amide bonds. The van der Waals surface area contributed by atoms with E-state index >= 15 is 0 Å². The van der Waals surface area contributed by atoms with Gasteiger partial charge >= 0.3 is 0 Å². The van der Waals surface area contributed by atoms with Gasteiger partial charge in [0.1, 0.15) is 5.69 Å². The maximum absolute atomic E-state index is 11.1. The van der Waals surface area contributed by atoms with Gasteiger partial charge in [-0.15, -0.1) is 0 Å². The predicted molar refractivity (Wildman–Crippen MR) is 79.5 cm³/mol. The summed E-state index contributed by atoms with van der Waals surface area (Å²) in [5, 5.41) is 14.4. The van der Waals surface area contributed by atoms with E-state index in [0.717, 1.165) is 6.54 Å². The van der Waals surface area contributed by atoms with Gasteiger partial charge in [0.2, 0.25) is 0 Å². The van der Waals surface area contributed by atoms with Gasteiger partial charge in [-0.3, -0.25) is 10.1 Å². The first-order valence-corrected chi connectivity index (χ1v) is 6.82. The van der Waals surface area contributed by atoms with Gasteiger partial charge in [-0.2, -0.15) is 0 Å². The van der Waals surface area contributed by atoms with E-state index in [4.69, 9.17) is 0 Å². The fraction of sp³-hybridized carbons (Fsp3) is 0.600. The Kier molecular flexibility index (Phi) is 5.33. The van der Waals surface area contributed by atoms with E-state index in [1.807, 2.05) is 6.07 Å². The zero-order chi connectivity index (χ0) is 14.6. The van der Waals surface area contributed by atoms with Gasteiger partial charge in [-0.25, -0.2) is 0 Å². The summed E-state index contributed by atoms with van der Waals surface area (Å²) < 4.78 is 0. The summed E-state index contributed by atoms with van der Waals surface area (Å²) in [7, 11) is 0. The van der Waals surface area contributed by atoms with Crippen LogP contribution in [0.5, 0.6) is 0 Å². The maximum atomic E-state index is 11.1. The standard InChI is InChI=1S/C15H24N2O2/c1-10(2)13(11(3)4)9-16-14-8-6-7-12(5)15(14)17(18)19/h6-8,10-11,13,16H,9H2,1-5H3. The number of para-hydroxylation sites is 1. The van der Waals surface area contributed by atoms with Crippen LogP contribution in [0.2, 0.25) is 0 Å². The lowest BCUT2D eigenvalue weighted by Crippen LogP contribution is -2.24.